The molecule has 2 aliphatic carbocycles. The Kier molecular flexibility index (Phi) is 6.90. The molecular weight excluding hydrogens is 432 g/mol. The van der Waals surface area contributed by atoms with Crippen LogP contribution in [0.3, 0.4) is 0 Å². The van der Waals surface area contributed by atoms with Crippen molar-refractivity contribution in [2.75, 3.05) is 0 Å². The Morgan fingerprint density at radius 3 is 1.90 bits per heavy atom. The van der Waals surface area contributed by atoms with Crippen molar-refractivity contribution in [1.29, 1.82) is 0 Å². The number of hydrogen-bond acceptors (Lipinski definition) is 1. The molecule has 0 aromatic heterocycles. The Morgan fingerprint density at radius 1 is 0.933 bits per heavy atom. The monoisotopic (exact) mass is 459 g/mol. The van der Waals surface area contributed by atoms with Crippen molar-refractivity contribution >= 4 is 40.6 Å². The van der Waals surface area contributed by atoms with Gasteiger partial charge in [0, 0.05) is 17.7 Å². The number of benzene rings is 2. The molecule has 1 unspecified atom stereocenters. The molecule has 0 heterocycles. The maximum absolute atomic E-state index is 14.1. The Bertz CT molecular complexity index is 914. The van der Waals surface area contributed by atoms with E-state index < -0.39 is 7.29 Å². The molecule has 2 aromatic rings. The Labute approximate surface area is 189 Å². The zero-order valence-corrected chi connectivity index (χ0v) is 19.6. The molecule has 0 saturated heterocycles. The topological polar surface area (TPSA) is 29.1 Å². The molecule has 1 N–H and O–H groups in total. The maximum atomic E-state index is 14.1. The smallest absolute Gasteiger partial charge is 0.193 e. The summed E-state index contributed by atoms with van der Waals surface area (Å²) in [7, 11) is -3.13. The SMILES string of the molecule is C[C@H](NP(=O)(/C=C(\Cl)c1ccccc1)/C=C(/Cl)c1ccccc1)[C@@H]1C[C@@H]2CC[C@@H]1C2. The Morgan fingerprint density at radius 2 is 1.47 bits per heavy atom. The summed E-state index contributed by atoms with van der Waals surface area (Å²) in [6, 6.07) is 19.4. The van der Waals surface area contributed by atoms with E-state index in [9.17, 15) is 4.57 Å². The maximum Gasteiger partial charge on any atom is 0.193 e. The summed E-state index contributed by atoms with van der Waals surface area (Å²) < 4.78 is 14.1. The lowest BCUT2D eigenvalue weighted by atomic mass is 9.84. The van der Waals surface area contributed by atoms with Crippen LogP contribution >= 0.6 is 30.5 Å². The zero-order chi connectivity index (χ0) is 21.1. The minimum Gasteiger partial charge on any atom is -0.298 e. The number of halogens is 2. The summed E-state index contributed by atoms with van der Waals surface area (Å²) in [5.41, 5.74) is 1.69. The van der Waals surface area contributed by atoms with Gasteiger partial charge in [-0.15, -0.1) is 0 Å². The molecule has 0 aliphatic heterocycles. The van der Waals surface area contributed by atoms with Gasteiger partial charge in [0.1, 0.15) is 0 Å². The average molecular weight is 460 g/mol. The fraction of sp³-hybridized carbons (Fsp3) is 0.360. The van der Waals surface area contributed by atoms with E-state index >= 15 is 0 Å². The van der Waals surface area contributed by atoms with E-state index in [-0.39, 0.29) is 6.04 Å². The van der Waals surface area contributed by atoms with Gasteiger partial charge in [0.15, 0.2) is 7.29 Å². The van der Waals surface area contributed by atoms with Gasteiger partial charge in [-0.2, -0.15) is 0 Å². The molecule has 0 spiro atoms. The standard InChI is InChI=1S/C25H28Cl2NOP/c1-18(23-15-19-12-13-22(23)14-19)28-30(29,16-24(26)20-8-4-2-5-9-20)17-25(27)21-10-6-3-7-11-21/h2-11,16-19,22-23H,12-15H2,1H3,(H,28,29)/b24-16-,25-17+/t18-,19+,22+,23-,30?/m0/s1. The van der Waals surface area contributed by atoms with E-state index in [0.29, 0.717) is 16.0 Å². The van der Waals surface area contributed by atoms with Gasteiger partial charge >= 0.3 is 0 Å². The van der Waals surface area contributed by atoms with Crippen LogP contribution in [-0.4, -0.2) is 6.04 Å². The molecule has 2 bridgehead atoms. The minimum atomic E-state index is -3.13. The number of nitrogens with one attached hydrogen (secondary N) is 1. The van der Waals surface area contributed by atoms with Crippen LogP contribution in [0.15, 0.2) is 72.3 Å². The van der Waals surface area contributed by atoms with E-state index in [1.165, 1.54) is 25.7 Å². The van der Waals surface area contributed by atoms with Gasteiger partial charge in [-0.25, -0.2) is 0 Å². The van der Waals surface area contributed by atoms with Gasteiger partial charge in [-0.3, -0.25) is 9.65 Å². The number of hydrogen-bond donors (Lipinski definition) is 1. The largest absolute Gasteiger partial charge is 0.298 e. The van der Waals surface area contributed by atoms with Crippen molar-refractivity contribution in [2.45, 2.75) is 38.6 Å². The predicted molar refractivity (Wildman–Crippen MR) is 130 cm³/mol. The Hall–Kier alpha value is -1.31. The minimum absolute atomic E-state index is 0.138. The van der Waals surface area contributed by atoms with Gasteiger partial charge < -0.3 is 0 Å². The van der Waals surface area contributed by atoms with Crippen LogP contribution in [0.1, 0.15) is 43.7 Å². The molecule has 2 aliphatic rings. The highest BCUT2D eigenvalue weighted by Gasteiger charge is 2.42. The molecule has 2 nitrogen and oxygen atoms in total. The lowest BCUT2D eigenvalue weighted by molar-refractivity contribution is 0.280. The van der Waals surface area contributed by atoms with E-state index in [4.69, 9.17) is 23.2 Å². The second kappa shape index (κ2) is 9.45. The molecule has 2 saturated carbocycles. The first-order valence-corrected chi connectivity index (χ1v) is 13.3. The van der Waals surface area contributed by atoms with E-state index in [1.807, 2.05) is 60.7 Å². The Balaban J connectivity index is 1.64. The second-order valence-electron chi connectivity index (χ2n) is 8.65. The molecule has 5 heteroatoms. The fourth-order valence-electron chi connectivity index (χ4n) is 5.11. The van der Waals surface area contributed by atoms with Crippen molar-refractivity contribution in [3.05, 3.63) is 83.4 Å². The highest BCUT2D eigenvalue weighted by molar-refractivity contribution is 7.68. The number of rotatable bonds is 7. The molecule has 0 radical (unpaired) electrons. The van der Waals surface area contributed by atoms with Crippen molar-refractivity contribution in [2.24, 2.45) is 17.8 Å². The molecule has 2 aromatic carbocycles. The third-order valence-electron chi connectivity index (χ3n) is 6.55. The molecule has 5 atom stereocenters. The average Bonchev–Trinajstić information content (AvgIpc) is 3.38. The van der Waals surface area contributed by atoms with Crippen LogP contribution in [-0.2, 0) is 4.57 Å². The van der Waals surface area contributed by atoms with E-state index in [0.717, 1.165) is 23.0 Å². The van der Waals surface area contributed by atoms with Crippen LogP contribution in [0.25, 0.3) is 10.1 Å². The van der Waals surface area contributed by atoms with E-state index in [2.05, 4.69) is 12.0 Å². The lowest BCUT2D eigenvalue weighted by Gasteiger charge is -2.30. The third-order valence-corrected chi connectivity index (χ3v) is 9.60. The molecule has 30 heavy (non-hydrogen) atoms. The predicted octanol–water partition coefficient (Wildman–Crippen LogP) is 8.15. The second-order valence-corrected chi connectivity index (χ2v) is 11.7. The first-order chi connectivity index (χ1) is 14.4. The summed E-state index contributed by atoms with van der Waals surface area (Å²) in [5, 5.41) is 4.40. The summed E-state index contributed by atoms with van der Waals surface area (Å²) in [5.74, 6) is 5.48. The molecule has 2 fully saturated rings. The van der Waals surface area contributed by atoms with Gasteiger partial charge in [0.05, 0.1) is 10.1 Å². The summed E-state index contributed by atoms with van der Waals surface area (Å²) in [6.07, 6.45) is 5.20. The van der Waals surface area contributed by atoms with Crippen LogP contribution in [0.4, 0.5) is 0 Å². The summed E-state index contributed by atoms with van der Waals surface area (Å²) in [4.78, 5) is 0. The highest BCUT2D eigenvalue weighted by Crippen LogP contribution is 2.54. The molecular formula is C25H28Cl2NOP. The van der Waals surface area contributed by atoms with Crippen molar-refractivity contribution < 1.29 is 4.57 Å². The van der Waals surface area contributed by atoms with E-state index in [1.54, 1.807) is 11.6 Å². The van der Waals surface area contributed by atoms with Gasteiger partial charge in [-0.05, 0) is 55.1 Å². The summed E-state index contributed by atoms with van der Waals surface area (Å²) >= 11 is 13.2. The van der Waals surface area contributed by atoms with Crippen molar-refractivity contribution in [3.8, 4) is 0 Å². The van der Waals surface area contributed by atoms with Crippen molar-refractivity contribution in [3.63, 3.8) is 0 Å². The first-order valence-electron chi connectivity index (χ1n) is 10.7. The van der Waals surface area contributed by atoms with Crippen LogP contribution in [0.2, 0.25) is 0 Å². The molecule has 4 rings (SSSR count). The van der Waals surface area contributed by atoms with Gasteiger partial charge in [0.25, 0.3) is 0 Å². The quantitative estimate of drug-likeness (QED) is 0.423. The molecule has 0 amide bonds. The van der Waals surface area contributed by atoms with Gasteiger partial charge in [-0.1, -0.05) is 90.3 Å². The van der Waals surface area contributed by atoms with Crippen LogP contribution in [0.5, 0.6) is 0 Å². The normalized spacial score (nSPS) is 27.1. The first kappa shape index (κ1) is 21.9. The van der Waals surface area contributed by atoms with Crippen LogP contribution in [0, 0.1) is 17.8 Å². The van der Waals surface area contributed by atoms with Gasteiger partial charge in [0.2, 0.25) is 0 Å². The fourth-order valence-corrected chi connectivity index (χ4v) is 8.26. The highest BCUT2D eigenvalue weighted by atomic mass is 35.5. The lowest BCUT2D eigenvalue weighted by Crippen LogP contribution is -2.33. The summed E-state index contributed by atoms with van der Waals surface area (Å²) in [6.45, 7) is 2.16. The number of fused-ring (bicyclic) bond motifs is 2. The zero-order valence-electron chi connectivity index (χ0n) is 17.2. The molecule has 158 valence electrons. The van der Waals surface area contributed by atoms with Crippen LogP contribution < -0.4 is 5.09 Å². The van der Waals surface area contributed by atoms with Crippen molar-refractivity contribution in [1.82, 2.24) is 5.09 Å². The third kappa shape index (κ3) is 5.11.